The second-order valence-corrected chi connectivity index (χ2v) is 10.5. The summed E-state index contributed by atoms with van der Waals surface area (Å²) in [6.45, 7) is 5.37. The van der Waals surface area contributed by atoms with Crippen molar-refractivity contribution in [1.29, 1.82) is 0 Å². The van der Waals surface area contributed by atoms with E-state index in [9.17, 15) is 13.2 Å². The van der Waals surface area contributed by atoms with Gasteiger partial charge in [0.2, 0.25) is 0 Å². The average Bonchev–Trinajstić information content (AvgIpc) is 3.48. The minimum atomic E-state index is -1.24. The highest BCUT2D eigenvalue weighted by atomic mass is 19.2. The number of nitrogens with zero attached hydrogens (tertiary/aromatic N) is 4. The van der Waals surface area contributed by atoms with Gasteiger partial charge in [-0.2, -0.15) is 5.10 Å². The lowest BCUT2D eigenvalue weighted by Crippen LogP contribution is -2.00. The molecule has 3 heterocycles. The Morgan fingerprint density at radius 1 is 0.674 bits per heavy atom. The van der Waals surface area contributed by atoms with E-state index in [1.165, 1.54) is 0 Å². The fourth-order valence-electron chi connectivity index (χ4n) is 5.73. The van der Waals surface area contributed by atoms with Crippen molar-refractivity contribution < 1.29 is 17.9 Å². The summed E-state index contributed by atoms with van der Waals surface area (Å²) < 4.78 is 53.4. The molecule has 0 amide bonds. The second-order valence-electron chi connectivity index (χ2n) is 10.5. The zero-order valence-corrected chi connectivity index (χ0v) is 23.6. The van der Waals surface area contributed by atoms with Crippen molar-refractivity contribution in [2.75, 3.05) is 0 Å². The predicted octanol–water partition coefficient (Wildman–Crippen LogP) is 9.17. The fraction of sp³-hybridized carbons (Fsp3) is 0.0857. The number of fused-ring (bicyclic) bond motifs is 3. The first-order valence-electron chi connectivity index (χ1n) is 13.7. The minimum absolute atomic E-state index is 0.212. The summed E-state index contributed by atoms with van der Waals surface area (Å²) in [5.41, 5.74) is 4.35. The Balaban J connectivity index is 1.29. The number of hydrogen-bond acceptors (Lipinski definition) is 3. The van der Waals surface area contributed by atoms with Crippen molar-refractivity contribution >= 4 is 21.8 Å². The van der Waals surface area contributed by atoms with Gasteiger partial charge in [0.1, 0.15) is 23.1 Å². The Bertz CT molecular complexity index is 2200. The van der Waals surface area contributed by atoms with E-state index in [1.807, 2.05) is 67.6 Å². The zero-order valence-electron chi connectivity index (χ0n) is 23.6. The van der Waals surface area contributed by atoms with Crippen LogP contribution in [0.15, 0.2) is 97.2 Å². The fourth-order valence-corrected chi connectivity index (χ4v) is 5.73. The van der Waals surface area contributed by atoms with Crippen LogP contribution in [0.4, 0.5) is 13.2 Å². The third-order valence-corrected chi connectivity index (χ3v) is 7.66. The van der Waals surface area contributed by atoms with Crippen LogP contribution in [0.2, 0.25) is 0 Å². The van der Waals surface area contributed by atoms with Gasteiger partial charge in [-0.15, -0.1) is 0 Å². The maximum atomic E-state index is 14.7. The molecule has 212 valence electrons. The molecular weight excluding hydrogens is 549 g/mol. The van der Waals surface area contributed by atoms with Crippen molar-refractivity contribution in [2.24, 2.45) is 0 Å². The molecule has 0 aliphatic rings. The molecule has 0 N–H and O–H groups in total. The number of benzene rings is 4. The molecule has 0 saturated carbocycles. The summed E-state index contributed by atoms with van der Waals surface area (Å²) in [4.78, 5) is 4.64. The van der Waals surface area contributed by atoms with Gasteiger partial charge < -0.3 is 4.74 Å². The zero-order chi connectivity index (χ0) is 29.8. The molecule has 0 radical (unpaired) electrons. The number of hydrogen-bond donors (Lipinski definition) is 0. The first kappa shape index (κ1) is 26.5. The summed E-state index contributed by atoms with van der Waals surface area (Å²) in [7, 11) is 0. The van der Waals surface area contributed by atoms with Crippen LogP contribution >= 0.6 is 0 Å². The lowest BCUT2D eigenvalue weighted by atomic mass is 10.0. The molecule has 0 aliphatic heterocycles. The number of ether oxygens (including phenoxy) is 1. The second kappa shape index (κ2) is 10.2. The number of aromatic nitrogens is 4. The summed E-state index contributed by atoms with van der Waals surface area (Å²) in [6.07, 6.45) is 1.80. The van der Waals surface area contributed by atoms with Crippen LogP contribution in [0.1, 0.15) is 17.0 Å². The Labute approximate surface area is 245 Å². The number of pyridine rings is 1. The molecule has 4 aromatic carbocycles. The smallest absolute Gasteiger partial charge is 0.169 e. The van der Waals surface area contributed by atoms with E-state index in [2.05, 4.69) is 26.8 Å². The molecule has 0 fully saturated rings. The highest BCUT2D eigenvalue weighted by molar-refractivity contribution is 6.09. The summed E-state index contributed by atoms with van der Waals surface area (Å²) in [6, 6.07) is 27.1. The average molecular weight is 575 g/mol. The summed E-state index contributed by atoms with van der Waals surface area (Å²) in [5, 5.41) is 6.72. The lowest BCUT2D eigenvalue weighted by molar-refractivity contribution is 0.482. The molecule has 0 saturated heterocycles. The van der Waals surface area contributed by atoms with Gasteiger partial charge in [0, 0.05) is 40.4 Å². The van der Waals surface area contributed by atoms with Gasteiger partial charge in [-0.25, -0.2) is 22.8 Å². The molecule has 0 aliphatic carbocycles. The Kier molecular flexibility index (Phi) is 6.27. The van der Waals surface area contributed by atoms with Crippen LogP contribution in [0.25, 0.3) is 44.4 Å². The number of halogens is 3. The molecule has 7 aromatic rings. The van der Waals surface area contributed by atoms with E-state index >= 15 is 0 Å². The van der Waals surface area contributed by atoms with Crippen molar-refractivity contribution in [3.63, 3.8) is 0 Å². The number of para-hydroxylation sites is 1. The van der Waals surface area contributed by atoms with Crippen molar-refractivity contribution in [2.45, 2.75) is 20.8 Å². The normalized spacial score (nSPS) is 11.5. The van der Waals surface area contributed by atoms with Crippen LogP contribution in [0, 0.1) is 38.2 Å². The standard InChI is InChI=1S/C35H25F3N4O/c1-20-15-16-39-32(17-20)41-30-10-5-4-9-26(30)27-12-11-25(19-31(27)41)43-24-8-6-7-23(18-24)42-22(3)33(21(2)40-42)34-28(36)13-14-29(37)35(34)38/h4-19H,1-3H3. The molecule has 8 heteroatoms. The Hall–Kier alpha value is -5.37. The monoisotopic (exact) mass is 574 g/mol. The van der Waals surface area contributed by atoms with E-state index in [1.54, 1.807) is 30.8 Å². The van der Waals surface area contributed by atoms with Gasteiger partial charge >= 0.3 is 0 Å². The van der Waals surface area contributed by atoms with E-state index in [0.717, 1.165) is 45.3 Å². The molecular formula is C35H25F3N4O. The first-order chi connectivity index (χ1) is 20.8. The topological polar surface area (TPSA) is 44.9 Å². The van der Waals surface area contributed by atoms with Crippen LogP contribution in [0.5, 0.6) is 11.5 Å². The van der Waals surface area contributed by atoms with Gasteiger partial charge in [-0.1, -0.05) is 24.3 Å². The highest BCUT2D eigenvalue weighted by Gasteiger charge is 2.23. The van der Waals surface area contributed by atoms with Gasteiger partial charge in [-0.05, 0) is 80.9 Å². The van der Waals surface area contributed by atoms with E-state index in [-0.39, 0.29) is 5.56 Å². The summed E-state index contributed by atoms with van der Waals surface area (Å²) in [5.74, 6) is -1.22. The highest BCUT2D eigenvalue weighted by Crippen LogP contribution is 2.37. The van der Waals surface area contributed by atoms with Crippen molar-refractivity contribution in [3.8, 4) is 34.1 Å². The van der Waals surface area contributed by atoms with E-state index in [0.29, 0.717) is 28.6 Å². The molecule has 0 atom stereocenters. The van der Waals surface area contributed by atoms with Crippen LogP contribution in [-0.2, 0) is 0 Å². The van der Waals surface area contributed by atoms with Gasteiger partial charge in [-0.3, -0.25) is 4.57 Å². The van der Waals surface area contributed by atoms with E-state index in [4.69, 9.17) is 4.74 Å². The molecule has 0 unspecified atom stereocenters. The van der Waals surface area contributed by atoms with Crippen LogP contribution in [0.3, 0.4) is 0 Å². The maximum Gasteiger partial charge on any atom is 0.169 e. The quantitative estimate of drug-likeness (QED) is 0.193. The third kappa shape index (κ3) is 4.43. The predicted molar refractivity (Wildman–Crippen MR) is 162 cm³/mol. The Morgan fingerprint density at radius 3 is 2.28 bits per heavy atom. The number of aryl methyl sites for hydroxylation is 2. The maximum absolute atomic E-state index is 14.7. The molecule has 3 aromatic heterocycles. The first-order valence-corrected chi connectivity index (χ1v) is 13.7. The van der Waals surface area contributed by atoms with Crippen LogP contribution < -0.4 is 4.74 Å². The molecule has 0 bridgehead atoms. The Morgan fingerprint density at radius 2 is 1.44 bits per heavy atom. The van der Waals surface area contributed by atoms with Gasteiger partial charge in [0.15, 0.2) is 11.6 Å². The lowest BCUT2D eigenvalue weighted by Gasteiger charge is -2.11. The summed E-state index contributed by atoms with van der Waals surface area (Å²) >= 11 is 0. The number of rotatable bonds is 5. The minimum Gasteiger partial charge on any atom is -0.457 e. The van der Waals surface area contributed by atoms with Crippen molar-refractivity contribution in [3.05, 3.63) is 132 Å². The van der Waals surface area contributed by atoms with Crippen molar-refractivity contribution in [1.82, 2.24) is 19.3 Å². The molecule has 43 heavy (non-hydrogen) atoms. The van der Waals surface area contributed by atoms with Crippen LogP contribution in [-0.4, -0.2) is 19.3 Å². The largest absolute Gasteiger partial charge is 0.457 e. The third-order valence-electron chi connectivity index (χ3n) is 7.66. The van der Waals surface area contributed by atoms with Gasteiger partial charge in [0.25, 0.3) is 0 Å². The SMILES string of the molecule is Cc1ccnc(-n2c3ccccc3c3ccc(Oc4cccc(-n5nc(C)c(-c6c(F)ccc(F)c6F)c5C)c4)cc32)c1. The molecule has 7 rings (SSSR count). The van der Waals surface area contributed by atoms with Gasteiger partial charge in [0.05, 0.1) is 28.0 Å². The molecule has 5 nitrogen and oxygen atoms in total. The van der Waals surface area contributed by atoms with E-state index < -0.39 is 23.0 Å². The molecule has 0 spiro atoms.